The fraction of sp³-hybridized carbons (Fsp3) is 0.556. The zero-order chi connectivity index (χ0) is 14.7. The molecule has 0 unspecified atom stereocenters. The minimum Gasteiger partial charge on any atom is -0.493 e. The van der Waals surface area contributed by atoms with Gasteiger partial charge in [0, 0.05) is 11.4 Å². The number of rotatable bonds is 5. The number of furan rings is 1. The van der Waals surface area contributed by atoms with Crippen LogP contribution in [-0.2, 0) is 6.54 Å². The molecule has 1 fully saturated rings. The monoisotopic (exact) mass is 287 g/mol. The van der Waals surface area contributed by atoms with Crippen LogP contribution in [0.2, 0.25) is 0 Å². The molecule has 21 heavy (non-hydrogen) atoms. The molecular weight excluding hydrogens is 262 g/mol. The molecule has 0 amide bonds. The number of para-hydroxylation sites is 1. The summed E-state index contributed by atoms with van der Waals surface area (Å²) in [6, 6.07) is 8.76. The zero-order valence-electron chi connectivity index (χ0n) is 13.0. The van der Waals surface area contributed by atoms with E-state index in [2.05, 4.69) is 24.4 Å². The van der Waals surface area contributed by atoms with Crippen molar-refractivity contribution in [3.05, 3.63) is 30.0 Å². The number of ether oxygens (including phenoxy) is 1. The first-order chi connectivity index (χ1) is 10.3. The van der Waals surface area contributed by atoms with Crippen molar-refractivity contribution in [3.63, 3.8) is 0 Å². The van der Waals surface area contributed by atoms with Crippen molar-refractivity contribution in [2.24, 2.45) is 5.92 Å². The highest BCUT2D eigenvalue weighted by atomic mass is 16.5. The van der Waals surface area contributed by atoms with Gasteiger partial charge >= 0.3 is 0 Å². The minimum absolute atomic E-state index is 0.642. The Labute approximate surface area is 126 Å². The van der Waals surface area contributed by atoms with Crippen LogP contribution in [0.25, 0.3) is 11.0 Å². The number of fused-ring (bicyclic) bond motifs is 1. The van der Waals surface area contributed by atoms with E-state index in [0.29, 0.717) is 6.04 Å². The second kappa shape index (κ2) is 6.52. The van der Waals surface area contributed by atoms with Gasteiger partial charge in [0.1, 0.15) is 5.76 Å². The molecule has 1 saturated carbocycles. The summed E-state index contributed by atoms with van der Waals surface area (Å²) >= 11 is 0. The third-order valence-corrected chi connectivity index (χ3v) is 4.77. The van der Waals surface area contributed by atoms with Crippen LogP contribution in [0.3, 0.4) is 0 Å². The molecule has 0 aliphatic heterocycles. The lowest BCUT2D eigenvalue weighted by Gasteiger charge is -2.28. The normalized spacial score (nSPS) is 22.6. The molecule has 1 N–H and O–H groups in total. The fourth-order valence-electron chi connectivity index (χ4n) is 3.36. The number of benzene rings is 1. The predicted octanol–water partition coefficient (Wildman–Crippen LogP) is 4.50. The van der Waals surface area contributed by atoms with E-state index in [4.69, 9.17) is 9.15 Å². The second-order valence-corrected chi connectivity index (χ2v) is 6.10. The summed E-state index contributed by atoms with van der Waals surface area (Å²) in [6.07, 6.45) is 6.64. The van der Waals surface area contributed by atoms with Crippen LogP contribution in [0.15, 0.2) is 28.7 Å². The number of methoxy groups -OCH3 is 1. The van der Waals surface area contributed by atoms with Crippen LogP contribution in [0.5, 0.6) is 5.75 Å². The molecule has 3 heteroatoms. The highest BCUT2D eigenvalue weighted by molar-refractivity contribution is 5.83. The SMILES string of the molecule is CCC1CCC(NCc2cc3cccc(OC)c3o2)CC1. The molecule has 1 aliphatic carbocycles. The molecular formula is C18H25NO2. The number of nitrogens with one attached hydrogen (secondary N) is 1. The van der Waals surface area contributed by atoms with Crippen molar-refractivity contribution in [1.29, 1.82) is 0 Å². The van der Waals surface area contributed by atoms with E-state index in [1.165, 1.54) is 32.1 Å². The minimum atomic E-state index is 0.642. The lowest BCUT2D eigenvalue weighted by molar-refractivity contribution is 0.281. The van der Waals surface area contributed by atoms with Crippen molar-refractivity contribution >= 4 is 11.0 Å². The average molecular weight is 287 g/mol. The van der Waals surface area contributed by atoms with Gasteiger partial charge in [0.2, 0.25) is 0 Å². The predicted molar refractivity (Wildman–Crippen MR) is 85.6 cm³/mol. The second-order valence-electron chi connectivity index (χ2n) is 6.10. The van der Waals surface area contributed by atoms with Crippen molar-refractivity contribution in [3.8, 4) is 5.75 Å². The van der Waals surface area contributed by atoms with E-state index in [1.54, 1.807) is 7.11 Å². The first kappa shape index (κ1) is 14.5. The first-order valence-corrected chi connectivity index (χ1v) is 8.09. The lowest BCUT2D eigenvalue weighted by Crippen LogP contribution is -2.32. The molecule has 114 valence electrons. The van der Waals surface area contributed by atoms with Gasteiger partial charge in [-0.3, -0.25) is 0 Å². The third kappa shape index (κ3) is 3.24. The lowest BCUT2D eigenvalue weighted by atomic mass is 9.84. The zero-order valence-corrected chi connectivity index (χ0v) is 13.0. The summed E-state index contributed by atoms with van der Waals surface area (Å²) in [4.78, 5) is 0. The third-order valence-electron chi connectivity index (χ3n) is 4.77. The molecule has 1 heterocycles. The summed E-state index contributed by atoms with van der Waals surface area (Å²) in [5.41, 5.74) is 0.853. The van der Waals surface area contributed by atoms with Gasteiger partial charge < -0.3 is 14.5 Å². The molecule has 0 atom stereocenters. The summed E-state index contributed by atoms with van der Waals surface area (Å²) < 4.78 is 11.3. The molecule has 3 nitrogen and oxygen atoms in total. The van der Waals surface area contributed by atoms with Crippen LogP contribution in [-0.4, -0.2) is 13.2 Å². The van der Waals surface area contributed by atoms with E-state index < -0.39 is 0 Å². The Balaban J connectivity index is 1.61. The quantitative estimate of drug-likeness (QED) is 0.879. The Morgan fingerprint density at radius 2 is 2.05 bits per heavy atom. The van der Waals surface area contributed by atoms with Gasteiger partial charge in [-0.1, -0.05) is 25.5 Å². The Hall–Kier alpha value is -1.48. The van der Waals surface area contributed by atoms with Crippen LogP contribution >= 0.6 is 0 Å². The van der Waals surface area contributed by atoms with E-state index >= 15 is 0 Å². The standard InChI is InChI=1S/C18H25NO2/c1-3-13-7-9-15(10-8-13)19-12-16-11-14-5-4-6-17(20-2)18(14)21-16/h4-6,11,13,15,19H,3,7-10,12H2,1-2H3. The van der Waals surface area contributed by atoms with Crippen molar-refractivity contribution in [2.45, 2.75) is 51.6 Å². The maximum Gasteiger partial charge on any atom is 0.176 e. The molecule has 1 aromatic heterocycles. The van der Waals surface area contributed by atoms with E-state index in [9.17, 15) is 0 Å². The molecule has 0 radical (unpaired) electrons. The largest absolute Gasteiger partial charge is 0.493 e. The topological polar surface area (TPSA) is 34.4 Å². The molecule has 1 aromatic carbocycles. The molecule has 0 bridgehead atoms. The number of hydrogen-bond acceptors (Lipinski definition) is 3. The van der Waals surface area contributed by atoms with Crippen molar-refractivity contribution in [2.75, 3.05) is 7.11 Å². The van der Waals surface area contributed by atoms with Crippen LogP contribution < -0.4 is 10.1 Å². The van der Waals surface area contributed by atoms with Gasteiger partial charge in [-0.05, 0) is 43.7 Å². The summed E-state index contributed by atoms with van der Waals surface area (Å²) in [7, 11) is 1.68. The maximum absolute atomic E-state index is 5.94. The van der Waals surface area contributed by atoms with Gasteiger partial charge in [0.15, 0.2) is 11.3 Å². The Kier molecular flexibility index (Phi) is 4.49. The van der Waals surface area contributed by atoms with Gasteiger partial charge in [-0.15, -0.1) is 0 Å². The van der Waals surface area contributed by atoms with Gasteiger partial charge in [0.25, 0.3) is 0 Å². The Morgan fingerprint density at radius 1 is 1.24 bits per heavy atom. The summed E-state index contributed by atoms with van der Waals surface area (Å²) in [5, 5.41) is 4.76. The average Bonchev–Trinajstić information content (AvgIpc) is 2.96. The van der Waals surface area contributed by atoms with E-state index in [1.807, 2.05) is 12.1 Å². The summed E-state index contributed by atoms with van der Waals surface area (Å²) in [6.45, 7) is 3.11. The van der Waals surface area contributed by atoms with Gasteiger partial charge in [0.05, 0.1) is 13.7 Å². The Morgan fingerprint density at radius 3 is 2.76 bits per heavy atom. The fourth-order valence-corrected chi connectivity index (χ4v) is 3.36. The van der Waals surface area contributed by atoms with Crippen LogP contribution in [0.1, 0.15) is 44.8 Å². The molecule has 0 spiro atoms. The highest BCUT2D eigenvalue weighted by Gasteiger charge is 2.19. The number of hydrogen-bond donors (Lipinski definition) is 1. The smallest absolute Gasteiger partial charge is 0.176 e. The van der Waals surface area contributed by atoms with Gasteiger partial charge in [-0.2, -0.15) is 0 Å². The van der Waals surface area contributed by atoms with Gasteiger partial charge in [-0.25, -0.2) is 0 Å². The molecule has 1 aliphatic rings. The molecule has 0 saturated heterocycles. The Bertz CT molecular complexity index is 582. The maximum atomic E-state index is 5.94. The first-order valence-electron chi connectivity index (χ1n) is 8.09. The van der Waals surface area contributed by atoms with E-state index in [-0.39, 0.29) is 0 Å². The molecule has 2 aromatic rings. The molecule has 3 rings (SSSR count). The summed E-state index contributed by atoms with van der Waals surface area (Å²) in [5.74, 6) is 2.74. The van der Waals surface area contributed by atoms with Crippen molar-refractivity contribution < 1.29 is 9.15 Å². The van der Waals surface area contributed by atoms with E-state index in [0.717, 1.165) is 34.9 Å². The van der Waals surface area contributed by atoms with Crippen LogP contribution in [0.4, 0.5) is 0 Å². The highest BCUT2D eigenvalue weighted by Crippen LogP contribution is 2.29. The van der Waals surface area contributed by atoms with Crippen LogP contribution in [0, 0.1) is 5.92 Å². The van der Waals surface area contributed by atoms with Crippen molar-refractivity contribution in [1.82, 2.24) is 5.32 Å².